The van der Waals surface area contributed by atoms with Gasteiger partial charge in [-0.1, -0.05) is 0 Å². The van der Waals surface area contributed by atoms with Crippen LogP contribution in [-0.2, 0) is 19.1 Å². The maximum absolute atomic E-state index is 11.6. The van der Waals surface area contributed by atoms with Crippen molar-refractivity contribution in [3.63, 3.8) is 0 Å². The van der Waals surface area contributed by atoms with Gasteiger partial charge in [0, 0.05) is 18.2 Å². The van der Waals surface area contributed by atoms with Crippen LogP contribution in [0.25, 0.3) is 0 Å². The predicted octanol–water partition coefficient (Wildman–Crippen LogP) is -0.624. The first-order chi connectivity index (χ1) is 8.81. The number of rotatable bonds is 5. The maximum Gasteiger partial charge on any atom is 0.352 e. The number of nitrogens with zero attached hydrogens (tertiary/aromatic N) is 1. The van der Waals surface area contributed by atoms with E-state index in [9.17, 15) is 19.5 Å². The second kappa shape index (κ2) is 6.07. The molecule has 0 saturated carbocycles. The highest BCUT2D eigenvalue weighted by molar-refractivity contribution is 7.80. The Hall–Kier alpha value is -1.54. The van der Waals surface area contributed by atoms with E-state index in [1.165, 1.54) is 6.92 Å². The zero-order chi connectivity index (χ0) is 14.7. The summed E-state index contributed by atoms with van der Waals surface area (Å²) >= 11 is 4.01. The van der Waals surface area contributed by atoms with Crippen LogP contribution in [0.15, 0.2) is 11.3 Å². The number of nitrogens with two attached hydrogens (primary N) is 1. The van der Waals surface area contributed by atoms with Crippen molar-refractivity contribution < 1.29 is 24.2 Å². The van der Waals surface area contributed by atoms with E-state index in [1.807, 2.05) is 0 Å². The number of hydrogen-bond acceptors (Lipinski definition) is 6. The van der Waals surface area contributed by atoms with E-state index in [1.54, 1.807) is 6.92 Å². The number of carbonyl (C=O) groups excluding carboxylic acids is 2. The fraction of sp³-hybridized carbons (Fsp3) is 0.545. The quantitative estimate of drug-likeness (QED) is 0.269. The van der Waals surface area contributed by atoms with Gasteiger partial charge in [0.05, 0.1) is 6.04 Å². The summed E-state index contributed by atoms with van der Waals surface area (Å²) in [7, 11) is 0. The molecule has 19 heavy (non-hydrogen) atoms. The van der Waals surface area contributed by atoms with E-state index in [0.29, 0.717) is 0 Å². The van der Waals surface area contributed by atoms with Gasteiger partial charge in [-0.3, -0.25) is 14.5 Å². The lowest BCUT2D eigenvalue weighted by Crippen LogP contribution is -2.67. The van der Waals surface area contributed by atoms with Crippen molar-refractivity contribution in [1.29, 1.82) is 0 Å². The minimum absolute atomic E-state index is 0.0562. The molecule has 0 aromatic rings. The number of thiol groups is 1. The lowest BCUT2D eigenvalue weighted by molar-refractivity contribution is -0.150. The van der Waals surface area contributed by atoms with Crippen LogP contribution in [0.5, 0.6) is 0 Å². The van der Waals surface area contributed by atoms with Gasteiger partial charge in [0.25, 0.3) is 0 Å². The number of carbonyl (C=O) groups is 3. The van der Waals surface area contributed by atoms with Crippen molar-refractivity contribution in [2.45, 2.75) is 25.9 Å². The normalized spacial score (nSPS) is 23.6. The van der Waals surface area contributed by atoms with Gasteiger partial charge in [-0.25, -0.2) is 4.79 Å². The molecule has 106 valence electrons. The highest BCUT2D eigenvalue weighted by Gasteiger charge is 2.46. The highest BCUT2D eigenvalue weighted by Crippen LogP contribution is 2.26. The molecule has 1 fully saturated rings. The summed E-state index contributed by atoms with van der Waals surface area (Å²) in [5.41, 5.74) is 5.58. The molecule has 1 aliphatic heterocycles. The van der Waals surface area contributed by atoms with Crippen molar-refractivity contribution in [2.75, 3.05) is 12.4 Å². The first kappa shape index (κ1) is 15.5. The average molecular weight is 288 g/mol. The van der Waals surface area contributed by atoms with Crippen molar-refractivity contribution in [1.82, 2.24) is 4.90 Å². The van der Waals surface area contributed by atoms with Crippen LogP contribution in [0.3, 0.4) is 0 Å². The minimum atomic E-state index is -1.27. The maximum atomic E-state index is 11.6. The SMILES string of the molecule is CC(=O)OC/C(CS)=C(\C(=O)O)N1C(=O)[C@@H](N)[C@H]1C. The summed E-state index contributed by atoms with van der Waals surface area (Å²) in [6, 6.07) is -1.12. The second-order valence-electron chi connectivity index (χ2n) is 4.17. The minimum Gasteiger partial charge on any atom is -0.477 e. The van der Waals surface area contributed by atoms with E-state index in [0.717, 1.165) is 4.90 Å². The van der Waals surface area contributed by atoms with E-state index in [4.69, 9.17) is 10.5 Å². The summed E-state index contributed by atoms with van der Waals surface area (Å²) in [5.74, 6) is -2.22. The zero-order valence-corrected chi connectivity index (χ0v) is 11.5. The highest BCUT2D eigenvalue weighted by atomic mass is 32.1. The standard InChI is InChI=1S/C11H16N2O5S/c1-5-8(12)10(15)13(5)9(11(16)17)7(4-19)3-18-6(2)14/h5,8,19H,3-4,12H2,1-2H3,(H,16,17)/b9-7-/t5-,8+/m1/s1. The fourth-order valence-corrected chi connectivity index (χ4v) is 2.00. The van der Waals surface area contributed by atoms with Gasteiger partial charge < -0.3 is 15.6 Å². The lowest BCUT2D eigenvalue weighted by atomic mass is 9.95. The number of β-lactam (4-membered cyclic amide) rings is 1. The largest absolute Gasteiger partial charge is 0.477 e. The number of hydrogen-bond donors (Lipinski definition) is 3. The lowest BCUT2D eigenvalue weighted by Gasteiger charge is -2.44. The Morgan fingerprint density at radius 2 is 2.11 bits per heavy atom. The van der Waals surface area contributed by atoms with Crippen LogP contribution < -0.4 is 5.73 Å². The second-order valence-corrected chi connectivity index (χ2v) is 4.49. The molecule has 8 heteroatoms. The van der Waals surface area contributed by atoms with Crippen LogP contribution in [0.4, 0.5) is 0 Å². The Kier molecular flexibility index (Phi) is 4.96. The van der Waals surface area contributed by atoms with Crippen LogP contribution in [0.1, 0.15) is 13.8 Å². The Bertz CT molecular complexity index is 448. The molecule has 1 saturated heterocycles. The molecule has 1 heterocycles. The topological polar surface area (TPSA) is 110 Å². The summed E-state index contributed by atoms with van der Waals surface area (Å²) in [6.07, 6.45) is 0. The number of carboxylic acids is 1. The van der Waals surface area contributed by atoms with Crippen LogP contribution in [0.2, 0.25) is 0 Å². The van der Waals surface area contributed by atoms with Crippen LogP contribution in [-0.4, -0.2) is 52.3 Å². The molecule has 7 nitrogen and oxygen atoms in total. The molecule has 0 aromatic heterocycles. The smallest absolute Gasteiger partial charge is 0.352 e. The molecule has 0 spiro atoms. The molecule has 0 bridgehead atoms. The number of aliphatic carboxylic acids is 1. The Morgan fingerprint density at radius 3 is 2.47 bits per heavy atom. The van der Waals surface area contributed by atoms with E-state index >= 15 is 0 Å². The first-order valence-corrected chi connectivity index (χ1v) is 6.22. The van der Waals surface area contributed by atoms with Crippen molar-refractivity contribution >= 4 is 30.5 Å². The van der Waals surface area contributed by atoms with Crippen molar-refractivity contribution in [3.05, 3.63) is 11.3 Å². The third kappa shape index (κ3) is 3.07. The number of carboxylic acid groups (broad SMARTS) is 1. The molecule has 0 radical (unpaired) electrons. The summed E-state index contributed by atoms with van der Waals surface area (Å²) in [5, 5.41) is 9.23. The molecule has 1 aliphatic rings. The average Bonchev–Trinajstić information content (AvgIpc) is 2.36. The monoisotopic (exact) mass is 288 g/mol. The molecule has 3 N–H and O–H groups in total. The van der Waals surface area contributed by atoms with Gasteiger partial charge in [0.2, 0.25) is 5.91 Å². The predicted molar refractivity (Wildman–Crippen MR) is 69.4 cm³/mol. The molecule has 0 aromatic carbocycles. The van der Waals surface area contributed by atoms with E-state index < -0.39 is 29.9 Å². The number of ether oxygens (including phenoxy) is 1. The molecular formula is C11H16N2O5S. The van der Waals surface area contributed by atoms with Crippen molar-refractivity contribution in [3.8, 4) is 0 Å². The van der Waals surface area contributed by atoms with Gasteiger partial charge >= 0.3 is 11.9 Å². The molecule has 0 aliphatic carbocycles. The summed E-state index contributed by atoms with van der Waals surface area (Å²) in [4.78, 5) is 34.8. The Balaban J connectivity index is 3.06. The van der Waals surface area contributed by atoms with Gasteiger partial charge in [0.15, 0.2) is 0 Å². The molecule has 2 atom stereocenters. The van der Waals surface area contributed by atoms with E-state index in [-0.39, 0.29) is 23.6 Å². The third-order valence-corrected chi connectivity index (χ3v) is 3.25. The summed E-state index contributed by atoms with van der Waals surface area (Å²) in [6.45, 7) is 2.65. The molecule has 0 unspecified atom stereocenters. The van der Waals surface area contributed by atoms with E-state index in [2.05, 4.69) is 12.6 Å². The van der Waals surface area contributed by atoms with Crippen molar-refractivity contribution in [2.24, 2.45) is 5.73 Å². The van der Waals surface area contributed by atoms with Crippen LogP contribution >= 0.6 is 12.6 Å². The molecular weight excluding hydrogens is 272 g/mol. The number of amides is 1. The van der Waals surface area contributed by atoms with Gasteiger partial charge in [-0.2, -0.15) is 12.6 Å². The Labute approximate surface area is 115 Å². The summed E-state index contributed by atoms with van der Waals surface area (Å²) < 4.78 is 4.76. The number of esters is 1. The fourth-order valence-electron chi connectivity index (χ4n) is 1.76. The van der Waals surface area contributed by atoms with Gasteiger partial charge in [0.1, 0.15) is 18.3 Å². The third-order valence-electron chi connectivity index (χ3n) is 2.87. The first-order valence-electron chi connectivity index (χ1n) is 5.59. The molecule has 1 amide bonds. The van der Waals surface area contributed by atoms with Crippen LogP contribution in [0, 0.1) is 0 Å². The van der Waals surface area contributed by atoms with Gasteiger partial charge in [-0.15, -0.1) is 0 Å². The molecule has 1 rings (SSSR count). The Morgan fingerprint density at radius 1 is 1.53 bits per heavy atom. The number of likely N-dealkylation sites (tertiary alicyclic amines) is 1. The van der Waals surface area contributed by atoms with Gasteiger partial charge in [-0.05, 0) is 6.92 Å². The zero-order valence-electron chi connectivity index (χ0n) is 10.6.